The van der Waals surface area contributed by atoms with Gasteiger partial charge >= 0.3 is 5.97 Å². The first-order chi connectivity index (χ1) is 6.49. The Morgan fingerprint density at radius 1 is 1.29 bits per heavy atom. The van der Waals surface area contributed by atoms with Crippen molar-refractivity contribution in [2.75, 3.05) is 6.54 Å². The Morgan fingerprint density at radius 2 is 1.86 bits per heavy atom. The van der Waals surface area contributed by atoms with E-state index in [1.54, 1.807) is 6.92 Å². The molecule has 0 aliphatic heterocycles. The second-order valence-corrected chi connectivity index (χ2v) is 3.67. The summed E-state index contributed by atoms with van der Waals surface area (Å²) in [7, 11) is 0. The van der Waals surface area contributed by atoms with Gasteiger partial charge in [0, 0.05) is 12.5 Å². The zero-order valence-electron chi connectivity index (χ0n) is 9.04. The van der Waals surface area contributed by atoms with E-state index in [1.807, 2.05) is 13.8 Å². The fourth-order valence-corrected chi connectivity index (χ4v) is 1.08. The molecule has 0 rings (SSSR count). The maximum atomic E-state index is 11.4. The molecule has 82 valence electrons. The predicted molar refractivity (Wildman–Crippen MR) is 53.9 cm³/mol. The van der Waals surface area contributed by atoms with E-state index in [0.717, 1.165) is 12.8 Å². The quantitative estimate of drug-likeness (QED) is 0.680. The van der Waals surface area contributed by atoms with Gasteiger partial charge in [0.25, 0.3) is 0 Å². The monoisotopic (exact) mass is 201 g/mol. The number of amides is 1. The third kappa shape index (κ3) is 4.84. The number of carbonyl (C=O) groups is 2. The first kappa shape index (κ1) is 12.9. The molecular formula is C10H19NO3. The van der Waals surface area contributed by atoms with Crippen LogP contribution in [0.1, 0.15) is 33.6 Å². The Hall–Kier alpha value is -1.06. The largest absolute Gasteiger partial charge is 0.481 e. The lowest BCUT2D eigenvalue weighted by Crippen LogP contribution is -2.34. The van der Waals surface area contributed by atoms with Gasteiger partial charge < -0.3 is 10.4 Å². The van der Waals surface area contributed by atoms with Crippen LogP contribution in [0.15, 0.2) is 0 Å². The van der Waals surface area contributed by atoms with Crippen molar-refractivity contribution in [1.29, 1.82) is 0 Å². The zero-order valence-corrected chi connectivity index (χ0v) is 9.04. The van der Waals surface area contributed by atoms with E-state index in [1.165, 1.54) is 0 Å². The van der Waals surface area contributed by atoms with Gasteiger partial charge in [-0.3, -0.25) is 9.59 Å². The van der Waals surface area contributed by atoms with Crippen LogP contribution in [-0.2, 0) is 9.59 Å². The number of rotatable bonds is 6. The molecular weight excluding hydrogens is 182 g/mol. The third-order valence-corrected chi connectivity index (χ3v) is 2.17. The van der Waals surface area contributed by atoms with E-state index < -0.39 is 11.9 Å². The molecule has 0 aromatic heterocycles. The van der Waals surface area contributed by atoms with Gasteiger partial charge in [0.05, 0.1) is 5.92 Å². The van der Waals surface area contributed by atoms with E-state index in [0.29, 0.717) is 0 Å². The molecule has 2 atom stereocenters. The summed E-state index contributed by atoms with van der Waals surface area (Å²) in [6.07, 6.45) is 1.80. The van der Waals surface area contributed by atoms with Gasteiger partial charge in [0.1, 0.15) is 0 Å². The van der Waals surface area contributed by atoms with Crippen molar-refractivity contribution >= 4 is 11.9 Å². The molecule has 1 amide bonds. The average Bonchev–Trinajstić information content (AvgIpc) is 2.13. The first-order valence-corrected chi connectivity index (χ1v) is 4.99. The maximum absolute atomic E-state index is 11.4. The highest BCUT2D eigenvalue weighted by molar-refractivity contribution is 5.79. The SMILES string of the molecule is CCCC(C)C(=O)NCC(C)C(=O)O. The molecule has 0 spiro atoms. The molecule has 0 saturated carbocycles. The van der Waals surface area contributed by atoms with E-state index >= 15 is 0 Å². The number of carboxylic acids is 1. The van der Waals surface area contributed by atoms with Crippen LogP contribution in [0.3, 0.4) is 0 Å². The first-order valence-electron chi connectivity index (χ1n) is 4.99. The molecule has 0 aromatic rings. The van der Waals surface area contributed by atoms with Gasteiger partial charge in [-0.15, -0.1) is 0 Å². The van der Waals surface area contributed by atoms with Gasteiger partial charge in [-0.05, 0) is 6.42 Å². The Bertz CT molecular complexity index is 204. The summed E-state index contributed by atoms with van der Waals surface area (Å²) in [4.78, 5) is 21.8. The van der Waals surface area contributed by atoms with E-state index in [4.69, 9.17) is 5.11 Å². The van der Waals surface area contributed by atoms with Crippen molar-refractivity contribution in [3.63, 3.8) is 0 Å². The Kier molecular flexibility index (Phi) is 5.92. The van der Waals surface area contributed by atoms with Crippen molar-refractivity contribution in [2.24, 2.45) is 11.8 Å². The Labute approximate surface area is 84.7 Å². The molecule has 14 heavy (non-hydrogen) atoms. The number of carbonyl (C=O) groups excluding carboxylic acids is 1. The lowest BCUT2D eigenvalue weighted by Gasteiger charge is -2.12. The lowest BCUT2D eigenvalue weighted by molar-refractivity contribution is -0.141. The topological polar surface area (TPSA) is 66.4 Å². The summed E-state index contributed by atoms with van der Waals surface area (Å²) in [5.41, 5.74) is 0. The molecule has 4 nitrogen and oxygen atoms in total. The molecule has 0 saturated heterocycles. The summed E-state index contributed by atoms with van der Waals surface area (Å²) in [5.74, 6) is -1.48. The average molecular weight is 201 g/mol. The molecule has 2 N–H and O–H groups in total. The zero-order chi connectivity index (χ0) is 11.1. The minimum atomic E-state index is -0.881. The van der Waals surface area contributed by atoms with Gasteiger partial charge in [0.2, 0.25) is 5.91 Å². The maximum Gasteiger partial charge on any atom is 0.308 e. The van der Waals surface area contributed by atoms with E-state index in [2.05, 4.69) is 5.32 Å². The predicted octanol–water partition coefficient (Wildman–Crippen LogP) is 1.26. The van der Waals surface area contributed by atoms with Crippen LogP contribution in [0, 0.1) is 11.8 Å². The Balaban J connectivity index is 3.78. The minimum absolute atomic E-state index is 0.0269. The minimum Gasteiger partial charge on any atom is -0.481 e. The number of aliphatic carboxylic acids is 1. The fraction of sp³-hybridized carbons (Fsp3) is 0.800. The van der Waals surface area contributed by atoms with Gasteiger partial charge in [-0.25, -0.2) is 0 Å². The molecule has 4 heteroatoms. The normalized spacial score (nSPS) is 14.5. The van der Waals surface area contributed by atoms with Crippen LogP contribution in [0.2, 0.25) is 0 Å². The van der Waals surface area contributed by atoms with E-state index in [9.17, 15) is 9.59 Å². The van der Waals surface area contributed by atoms with Crippen molar-refractivity contribution < 1.29 is 14.7 Å². The molecule has 0 heterocycles. The fourth-order valence-electron chi connectivity index (χ4n) is 1.08. The van der Waals surface area contributed by atoms with Crippen molar-refractivity contribution in [2.45, 2.75) is 33.6 Å². The smallest absolute Gasteiger partial charge is 0.308 e. The molecule has 0 aromatic carbocycles. The van der Waals surface area contributed by atoms with Crippen LogP contribution in [0.25, 0.3) is 0 Å². The summed E-state index contributed by atoms with van der Waals surface area (Å²) >= 11 is 0. The number of nitrogens with one attached hydrogen (secondary N) is 1. The number of carboxylic acid groups (broad SMARTS) is 1. The highest BCUT2D eigenvalue weighted by Crippen LogP contribution is 2.04. The van der Waals surface area contributed by atoms with E-state index in [-0.39, 0.29) is 18.4 Å². The molecule has 0 aliphatic carbocycles. The highest BCUT2D eigenvalue weighted by atomic mass is 16.4. The van der Waals surface area contributed by atoms with Gasteiger partial charge in [0.15, 0.2) is 0 Å². The summed E-state index contributed by atoms with van der Waals surface area (Å²) in [6.45, 7) is 5.66. The van der Waals surface area contributed by atoms with Gasteiger partial charge in [-0.1, -0.05) is 27.2 Å². The van der Waals surface area contributed by atoms with Crippen LogP contribution in [-0.4, -0.2) is 23.5 Å². The Morgan fingerprint density at radius 3 is 2.29 bits per heavy atom. The van der Waals surface area contributed by atoms with Crippen LogP contribution >= 0.6 is 0 Å². The molecule has 0 aliphatic rings. The molecule has 0 radical (unpaired) electrons. The van der Waals surface area contributed by atoms with Crippen LogP contribution < -0.4 is 5.32 Å². The summed E-state index contributed by atoms with van der Waals surface area (Å²) < 4.78 is 0. The second kappa shape index (κ2) is 6.40. The lowest BCUT2D eigenvalue weighted by atomic mass is 10.1. The standard InChI is InChI=1S/C10H19NO3/c1-4-5-7(2)9(12)11-6-8(3)10(13)14/h7-8H,4-6H2,1-3H3,(H,11,12)(H,13,14). The van der Waals surface area contributed by atoms with Crippen LogP contribution in [0.5, 0.6) is 0 Å². The van der Waals surface area contributed by atoms with Crippen molar-refractivity contribution in [1.82, 2.24) is 5.32 Å². The molecule has 2 unspecified atom stereocenters. The van der Waals surface area contributed by atoms with Crippen molar-refractivity contribution in [3.05, 3.63) is 0 Å². The van der Waals surface area contributed by atoms with Gasteiger partial charge in [-0.2, -0.15) is 0 Å². The number of hydrogen-bond donors (Lipinski definition) is 2. The molecule has 0 fully saturated rings. The molecule has 0 bridgehead atoms. The summed E-state index contributed by atoms with van der Waals surface area (Å²) in [5, 5.41) is 11.2. The summed E-state index contributed by atoms with van der Waals surface area (Å²) in [6, 6.07) is 0. The second-order valence-electron chi connectivity index (χ2n) is 3.67. The number of hydrogen-bond acceptors (Lipinski definition) is 2. The van der Waals surface area contributed by atoms with Crippen LogP contribution in [0.4, 0.5) is 0 Å². The van der Waals surface area contributed by atoms with Crippen molar-refractivity contribution in [3.8, 4) is 0 Å². The third-order valence-electron chi connectivity index (χ3n) is 2.17. The highest BCUT2D eigenvalue weighted by Gasteiger charge is 2.15.